The van der Waals surface area contributed by atoms with E-state index in [0.29, 0.717) is 0 Å². The second kappa shape index (κ2) is 6.43. The van der Waals surface area contributed by atoms with Gasteiger partial charge in [0.1, 0.15) is 17.9 Å². The topological polar surface area (TPSA) is 47.0 Å². The van der Waals surface area contributed by atoms with Gasteiger partial charge in [-0.15, -0.1) is 0 Å². The number of nitrogens with zero attached hydrogens (tertiary/aromatic N) is 2. The second-order valence-corrected chi connectivity index (χ2v) is 5.30. The van der Waals surface area contributed by atoms with E-state index >= 15 is 0 Å². The van der Waals surface area contributed by atoms with Crippen LogP contribution in [0.15, 0.2) is 54.9 Å². The van der Waals surface area contributed by atoms with Crippen molar-refractivity contribution in [1.82, 2.24) is 9.97 Å². The van der Waals surface area contributed by atoms with Crippen molar-refractivity contribution in [2.75, 3.05) is 12.4 Å². The van der Waals surface area contributed by atoms with Crippen molar-refractivity contribution in [3.05, 3.63) is 60.4 Å². The minimum absolute atomic E-state index is 0.231. The first-order chi connectivity index (χ1) is 10.8. The molecule has 1 N–H and O–H groups in total. The lowest BCUT2D eigenvalue weighted by atomic mass is 10.1. The van der Waals surface area contributed by atoms with E-state index in [9.17, 15) is 0 Å². The lowest BCUT2D eigenvalue weighted by Crippen LogP contribution is -2.19. The van der Waals surface area contributed by atoms with E-state index in [4.69, 9.17) is 4.74 Å². The van der Waals surface area contributed by atoms with Crippen molar-refractivity contribution in [3.63, 3.8) is 0 Å². The van der Waals surface area contributed by atoms with Crippen LogP contribution in [0.3, 0.4) is 0 Å². The van der Waals surface area contributed by atoms with Gasteiger partial charge < -0.3 is 10.1 Å². The molecule has 0 saturated heterocycles. The summed E-state index contributed by atoms with van der Waals surface area (Å²) in [6.07, 6.45) is 2.46. The average Bonchev–Trinajstić information content (AvgIpc) is 2.55. The van der Waals surface area contributed by atoms with Crippen molar-refractivity contribution in [2.24, 2.45) is 0 Å². The fourth-order valence-electron chi connectivity index (χ4n) is 2.61. The summed E-state index contributed by atoms with van der Waals surface area (Å²) in [5, 5.41) is 4.52. The lowest BCUT2D eigenvalue weighted by molar-refractivity contribution is 0.409. The zero-order valence-electron chi connectivity index (χ0n) is 12.8. The highest BCUT2D eigenvalue weighted by molar-refractivity contribution is 5.88. The largest absolute Gasteiger partial charge is 0.496 e. The molecular formula is C18H19N3O. The van der Waals surface area contributed by atoms with Gasteiger partial charge in [-0.05, 0) is 37.1 Å². The summed E-state index contributed by atoms with van der Waals surface area (Å²) in [5.41, 5.74) is 2.13. The summed E-state index contributed by atoms with van der Waals surface area (Å²) < 4.78 is 5.41. The fraction of sp³-hybridized carbons (Fsp3) is 0.222. The first-order valence-electron chi connectivity index (χ1n) is 7.36. The number of aromatic nitrogens is 2. The van der Waals surface area contributed by atoms with E-state index in [1.807, 2.05) is 42.5 Å². The van der Waals surface area contributed by atoms with Crippen LogP contribution in [-0.2, 0) is 6.42 Å². The molecule has 2 aromatic carbocycles. The van der Waals surface area contributed by atoms with Crippen LogP contribution >= 0.6 is 0 Å². The van der Waals surface area contributed by atoms with Gasteiger partial charge in [0.25, 0.3) is 0 Å². The van der Waals surface area contributed by atoms with Crippen molar-refractivity contribution >= 4 is 16.7 Å². The Morgan fingerprint density at radius 2 is 1.82 bits per heavy atom. The number of methoxy groups -OCH3 is 1. The van der Waals surface area contributed by atoms with Crippen molar-refractivity contribution in [1.29, 1.82) is 0 Å². The SMILES string of the molecule is COc1ccccc1CC(C)Nc1ncnc2ccccc12. The standard InChI is InChI=1S/C18H19N3O/c1-13(11-14-7-3-6-10-17(14)22-2)21-18-15-8-4-5-9-16(15)19-12-20-18/h3-10,12-13H,11H2,1-2H3,(H,19,20,21). The smallest absolute Gasteiger partial charge is 0.137 e. The highest BCUT2D eigenvalue weighted by atomic mass is 16.5. The molecule has 22 heavy (non-hydrogen) atoms. The van der Waals surface area contributed by atoms with Gasteiger partial charge in [0.05, 0.1) is 12.6 Å². The molecule has 1 atom stereocenters. The molecule has 0 radical (unpaired) electrons. The van der Waals surface area contributed by atoms with Crippen LogP contribution in [0.2, 0.25) is 0 Å². The third kappa shape index (κ3) is 3.01. The van der Waals surface area contributed by atoms with E-state index in [0.717, 1.165) is 28.9 Å². The molecular weight excluding hydrogens is 274 g/mol. The van der Waals surface area contributed by atoms with Crippen molar-refractivity contribution < 1.29 is 4.74 Å². The van der Waals surface area contributed by atoms with Gasteiger partial charge in [0.15, 0.2) is 0 Å². The number of hydrogen-bond acceptors (Lipinski definition) is 4. The van der Waals surface area contributed by atoms with Gasteiger partial charge in [-0.25, -0.2) is 9.97 Å². The Balaban J connectivity index is 1.80. The first kappa shape index (κ1) is 14.3. The Hall–Kier alpha value is -2.62. The zero-order chi connectivity index (χ0) is 15.4. The van der Waals surface area contributed by atoms with Gasteiger partial charge in [0.2, 0.25) is 0 Å². The van der Waals surface area contributed by atoms with E-state index in [1.54, 1.807) is 13.4 Å². The van der Waals surface area contributed by atoms with E-state index in [1.165, 1.54) is 5.56 Å². The van der Waals surface area contributed by atoms with E-state index in [2.05, 4.69) is 28.3 Å². The minimum atomic E-state index is 0.231. The second-order valence-electron chi connectivity index (χ2n) is 5.30. The van der Waals surface area contributed by atoms with Crippen LogP contribution in [0.4, 0.5) is 5.82 Å². The maximum Gasteiger partial charge on any atom is 0.137 e. The number of benzene rings is 2. The molecule has 0 aliphatic carbocycles. The number of nitrogens with one attached hydrogen (secondary N) is 1. The lowest BCUT2D eigenvalue weighted by Gasteiger charge is -2.17. The fourth-order valence-corrected chi connectivity index (χ4v) is 2.61. The van der Waals surface area contributed by atoms with Crippen LogP contribution < -0.4 is 10.1 Å². The third-order valence-corrected chi connectivity index (χ3v) is 3.64. The molecule has 3 rings (SSSR count). The van der Waals surface area contributed by atoms with Crippen molar-refractivity contribution in [3.8, 4) is 5.75 Å². The van der Waals surface area contributed by atoms with Gasteiger partial charge in [-0.1, -0.05) is 30.3 Å². The molecule has 1 aromatic heterocycles. The van der Waals surface area contributed by atoms with E-state index in [-0.39, 0.29) is 6.04 Å². The summed E-state index contributed by atoms with van der Waals surface area (Å²) in [4.78, 5) is 8.67. The molecule has 1 heterocycles. The van der Waals surface area contributed by atoms with Crippen LogP contribution in [-0.4, -0.2) is 23.1 Å². The molecule has 3 aromatic rings. The number of fused-ring (bicyclic) bond motifs is 1. The normalized spacial score (nSPS) is 12.1. The summed E-state index contributed by atoms with van der Waals surface area (Å²) in [5.74, 6) is 1.79. The van der Waals surface area contributed by atoms with E-state index < -0.39 is 0 Å². The Kier molecular flexibility index (Phi) is 4.19. The van der Waals surface area contributed by atoms with Gasteiger partial charge >= 0.3 is 0 Å². The summed E-state index contributed by atoms with van der Waals surface area (Å²) in [6.45, 7) is 2.14. The first-order valence-corrected chi connectivity index (χ1v) is 7.36. The Morgan fingerprint density at radius 3 is 2.68 bits per heavy atom. The molecule has 0 amide bonds. The number of hydrogen-bond donors (Lipinski definition) is 1. The predicted octanol–water partition coefficient (Wildman–Crippen LogP) is 3.68. The quantitative estimate of drug-likeness (QED) is 0.779. The molecule has 112 valence electrons. The molecule has 1 unspecified atom stereocenters. The van der Waals surface area contributed by atoms with Crippen LogP contribution in [0.25, 0.3) is 10.9 Å². The highest BCUT2D eigenvalue weighted by Gasteiger charge is 2.10. The summed E-state index contributed by atoms with van der Waals surface area (Å²) in [7, 11) is 1.70. The molecule has 0 spiro atoms. The summed E-state index contributed by atoms with van der Waals surface area (Å²) >= 11 is 0. The monoisotopic (exact) mass is 293 g/mol. The minimum Gasteiger partial charge on any atom is -0.496 e. The molecule has 4 heteroatoms. The number of ether oxygens (including phenoxy) is 1. The maximum absolute atomic E-state index is 5.41. The number of para-hydroxylation sites is 2. The summed E-state index contributed by atoms with van der Waals surface area (Å²) in [6, 6.07) is 16.3. The van der Waals surface area contributed by atoms with Crippen molar-refractivity contribution in [2.45, 2.75) is 19.4 Å². The highest BCUT2D eigenvalue weighted by Crippen LogP contribution is 2.22. The molecule has 0 aliphatic rings. The molecule has 0 fully saturated rings. The zero-order valence-corrected chi connectivity index (χ0v) is 12.8. The molecule has 0 aliphatic heterocycles. The third-order valence-electron chi connectivity index (χ3n) is 3.64. The molecule has 0 bridgehead atoms. The Bertz CT molecular complexity index is 768. The number of anilines is 1. The number of rotatable bonds is 5. The Labute approximate surface area is 130 Å². The average molecular weight is 293 g/mol. The van der Waals surface area contributed by atoms with Gasteiger partial charge in [-0.2, -0.15) is 0 Å². The van der Waals surface area contributed by atoms with Gasteiger partial charge in [-0.3, -0.25) is 0 Å². The maximum atomic E-state index is 5.41. The van der Waals surface area contributed by atoms with Crippen LogP contribution in [0, 0.1) is 0 Å². The van der Waals surface area contributed by atoms with Crippen LogP contribution in [0.1, 0.15) is 12.5 Å². The predicted molar refractivity (Wildman–Crippen MR) is 89.3 cm³/mol. The molecule has 0 saturated carbocycles. The molecule has 4 nitrogen and oxygen atoms in total. The van der Waals surface area contributed by atoms with Gasteiger partial charge in [0, 0.05) is 11.4 Å². The Morgan fingerprint density at radius 1 is 1.05 bits per heavy atom. The van der Waals surface area contributed by atoms with Crippen LogP contribution in [0.5, 0.6) is 5.75 Å².